The fourth-order valence-electron chi connectivity index (χ4n) is 16.7. The number of methoxy groups -OCH3 is 4. The molecule has 25 nitrogen and oxygen atoms in total. The van der Waals surface area contributed by atoms with Crippen molar-refractivity contribution in [3.8, 4) is 0 Å². The van der Waals surface area contributed by atoms with Crippen molar-refractivity contribution < 1.29 is 122 Å². The lowest BCUT2D eigenvalue weighted by Gasteiger charge is -2.67. The summed E-state index contributed by atoms with van der Waals surface area (Å²) < 4.78 is 93.7. The van der Waals surface area contributed by atoms with E-state index >= 15 is 0 Å². The van der Waals surface area contributed by atoms with E-state index in [4.69, 9.17) is 71.1 Å². The van der Waals surface area contributed by atoms with Crippen molar-refractivity contribution in [1.82, 2.24) is 0 Å². The maximum absolute atomic E-state index is 13.7. The fourth-order valence-corrected chi connectivity index (χ4v) is 16.7. The van der Waals surface area contributed by atoms with Crippen LogP contribution in [0.15, 0.2) is 48.1 Å². The van der Waals surface area contributed by atoms with Gasteiger partial charge in [-0.25, -0.2) is 4.79 Å². The van der Waals surface area contributed by atoms with E-state index in [2.05, 4.69) is 6.92 Å². The van der Waals surface area contributed by atoms with Gasteiger partial charge in [-0.15, -0.1) is 0 Å². The summed E-state index contributed by atoms with van der Waals surface area (Å²) in [5.74, 6) is -1.24. The van der Waals surface area contributed by atoms with E-state index in [0.29, 0.717) is 32.1 Å². The highest BCUT2D eigenvalue weighted by Gasteiger charge is 2.81. The van der Waals surface area contributed by atoms with E-state index in [1.165, 1.54) is 27.2 Å². The zero-order valence-electron chi connectivity index (χ0n) is 53.0. The SMILES string of the molecule is CO[C@H]1[C@@H](O)[C@H](O[C@@H]2[C@@H](C)O[C@@H](O[C@H]3[C@@H](OC)C[C@H](O[C@H]4[C@@H](OC)C[C@H](O[C@H]5CC[C@@]6(C)C(=CC[C@]7(O)[C@@H]6C[C@@H](OC(=O)/C=C/c6ccccc6)[C@@]6(C)[C@]7(O)CC[C@@]6(O)C(C)O)C5)O[C@@H]4C)O[C@@H]3C)C[C@H]2OC)O[C@H](C)[C@H]1O[C@@H]1O[C@H](CO)[C@@H](O)[C@H](O)[C@H]1O. The zero-order valence-corrected chi connectivity index (χ0v) is 53.0. The van der Waals surface area contributed by atoms with Crippen LogP contribution in [0, 0.1) is 16.7 Å². The Balaban J connectivity index is 0.727. The first kappa shape index (κ1) is 69.1. The largest absolute Gasteiger partial charge is 0.458 e. The molecule has 0 amide bonds. The summed E-state index contributed by atoms with van der Waals surface area (Å²) >= 11 is 0. The molecule has 31 atom stereocenters. The molecular formula is C64H98O25. The highest BCUT2D eigenvalue weighted by atomic mass is 16.8. The van der Waals surface area contributed by atoms with Gasteiger partial charge in [0.25, 0.3) is 0 Å². The molecule has 4 aliphatic carbocycles. The summed E-state index contributed by atoms with van der Waals surface area (Å²) in [6.45, 7) is 11.8. The van der Waals surface area contributed by atoms with Gasteiger partial charge in [0.1, 0.15) is 83.9 Å². The predicted molar refractivity (Wildman–Crippen MR) is 311 cm³/mol. The van der Waals surface area contributed by atoms with Crippen LogP contribution in [0.3, 0.4) is 0 Å². The van der Waals surface area contributed by atoms with Crippen molar-refractivity contribution in [3.63, 3.8) is 0 Å². The Morgan fingerprint density at radius 1 is 0.640 bits per heavy atom. The molecule has 5 saturated heterocycles. The van der Waals surface area contributed by atoms with Gasteiger partial charge in [0, 0.05) is 59.7 Å². The van der Waals surface area contributed by atoms with Gasteiger partial charge < -0.3 is 117 Å². The minimum Gasteiger partial charge on any atom is -0.458 e. The van der Waals surface area contributed by atoms with Gasteiger partial charge in [-0.1, -0.05) is 55.8 Å². The Hall–Kier alpha value is -2.75. The lowest BCUT2D eigenvalue weighted by atomic mass is 9.42. The lowest BCUT2D eigenvalue weighted by molar-refractivity contribution is -0.374. The summed E-state index contributed by atoms with van der Waals surface area (Å²) in [6, 6.07) is 9.30. The maximum Gasteiger partial charge on any atom is 0.331 e. The number of benzene rings is 1. The Morgan fingerprint density at radius 3 is 1.73 bits per heavy atom. The van der Waals surface area contributed by atoms with Crippen molar-refractivity contribution in [3.05, 3.63) is 53.6 Å². The number of hydrogen-bond donors (Lipinski definition) is 9. The smallest absolute Gasteiger partial charge is 0.331 e. The highest BCUT2D eigenvalue weighted by Crippen LogP contribution is 2.71. The Kier molecular flexibility index (Phi) is 21.4. The van der Waals surface area contributed by atoms with E-state index in [0.717, 1.165) is 11.1 Å². The van der Waals surface area contributed by atoms with Crippen molar-refractivity contribution in [2.24, 2.45) is 16.7 Å². The standard InChI is InChI=1S/C64H98O25/c1-31-53(86-47-27-40(76-9)54(32(2)80-47)87-48-28-41(77-10)55(33(3)81-48)88-59-52(71)57(78-11)56(34(4)82-59)89-58-51(70)50(69)49(68)42(30-65)84-58)39(75-8)26-46(79-31)83-38-20-21-60(6)37(25-38)19-22-63(73)43(60)29-44(85-45(67)18-17-36-15-13-12-14-16-36)61(7)62(72,35(5)66)23-24-64(61,63)74/h12-19,31-35,38-44,46-59,65-66,68-74H,20-30H2,1-11H3/b18-17+/t31-,32-,33-,34-,35?,38+,39+,40+,41-,42-,43-,44-,46+,47+,48+,49-,50+,51-,52-,53-,54-,55-,56-,57+,58+,59+,60+,61-,62-,63+,64-/m1/s1. The first-order valence-corrected chi connectivity index (χ1v) is 31.7. The monoisotopic (exact) mass is 1270 g/mol. The van der Waals surface area contributed by atoms with Crippen molar-refractivity contribution >= 4 is 12.0 Å². The third kappa shape index (κ3) is 12.6. The summed E-state index contributed by atoms with van der Waals surface area (Å²) in [5, 5.41) is 102. The van der Waals surface area contributed by atoms with Crippen molar-refractivity contribution in [1.29, 1.82) is 0 Å². The van der Waals surface area contributed by atoms with Gasteiger partial charge in [-0.2, -0.15) is 0 Å². The summed E-state index contributed by atoms with van der Waals surface area (Å²) in [7, 11) is 6.11. The van der Waals surface area contributed by atoms with Crippen LogP contribution in [0.5, 0.6) is 0 Å². The molecule has 25 heteroatoms. The molecule has 10 rings (SSSR count). The van der Waals surface area contributed by atoms with Gasteiger partial charge >= 0.3 is 5.97 Å². The number of fused-ring (bicyclic) bond motifs is 5. The van der Waals surface area contributed by atoms with Gasteiger partial charge in [0.05, 0.1) is 67.0 Å². The van der Waals surface area contributed by atoms with E-state index in [9.17, 15) is 50.8 Å². The molecule has 3 saturated carbocycles. The average molecular weight is 1270 g/mol. The van der Waals surface area contributed by atoms with Crippen LogP contribution < -0.4 is 0 Å². The normalized spacial score (nSPS) is 49.7. The molecule has 504 valence electrons. The third-order valence-electron chi connectivity index (χ3n) is 22.0. The van der Waals surface area contributed by atoms with Crippen LogP contribution in [0.25, 0.3) is 6.08 Å². The topological polar surface area (TPSA) is 338 Å². The van der Waals surface area contributed by atoms with E-state index in [1.807, 2.05) is 50.3 Å². The molecule has 9 aliphatic rings. The summed E-state index contributed by atoms with van der Waals surface area (Å²) in [4.78, 5) is 13.7. The molecule has 5 heterocycles. The van der Waals surface area contributed by atoms with Crippen molar-refractivity contribution in [2.75, 3.05) is 35.0 Å². The summed E-state index contributed by atoms with van der Waals surface area (Å²) in [5.41, 5.74) is -5.96. The Labute approximate surface area is 520 Å². The second-order valence-electron chi connectivity index (χ2n) is 26.7. The summed E-state index contributed by atoms with van der Waals surface area (Å²) in [6.07, 6.45) is -15.5. The maximum atomic E-state index is 13.7. The quantitative estimate of drug-likeness (QED) is 0.0542. The predicted octanol–water partition coefficient (Wildman–Crippen LogP) is 1.82. The van der Waals surface area contributed by atoms with E-state index < -0.39 is 194 Å². The van der Waals surface area contributed by atoms with Crippen LogP contribution in [-0.4, -0.2) is 257 Å². The van der Waals surface area contributed by atoms with Gasteiger partial charge in [0.2, 0.25) is 0 Å². The van der Waals surface area contributed by atoms with Crippen molar-refractivity contribution in [2.45, 2.75) is 283 Å². The van der Waals surface area contributed by atoms with Gasteiger partial charge in [-0.3, -0.25) is 0 Å². The Morgan fingerprint density at radius 2 is 1.18 bits per heavy atom. The number of esters is 1. The lowest BCUT2D eigenvalue weighted by Crippen LogP contribution is -2.78. The second-order valence-corrected chi connectivity index (χ2v) is 26.7. The zero-order chi connectivity index (χ0) is 64.3. The molecule has 9 N–H and O–H groups in total. The van der Waals surface area contributed by atoms with Crippen LogP contribution >= 0.6 is 0 Å². The van der Waals surface area contributed by atoms with Crippen LogP contribution in [0.2, 0.25) is 0 Å². The molecule has 1 aromatic carbocycles. The van der Waals surface area contributed by atoms with Crippen LogP contribution in [-0.2, 0) is 75.8 Å². The third-order valence-corrected chi connectivity index (χ3v) is 22.0. The second kappa shape index (κ2) is 27.5. The number of ether oxygens (including phenoxy) is 15. The number of carbonyl (C=O) groups excluding carboxylic acids is 1. The van der Waals surface area contributed by atoms with E-state index in [-0.39, 0.29) is 38.2 Å². The van der Waals surface area contributed by atoms with Gasteiger partial charge in [0.15, 0.2) is 31.5 Å². The highest BCUT2D eigenvalue weighted by molar-refractivity contribution is 5.87. The molecule has 0 aromatic heterocycles. The molecule has 5 aliphatic heterocycles. The molecule has 89 heavy (non-hydrogen) atoms. The minimum absolute atomic E-state index is 0.00525. The number of aliphatic hydroxyl groups is 9. The number of rotatable bonds is 19. The molecule has 1 unspecified atom stereocenters. The Bertz CT molecular complexity index is 2580. The molecule has 8 fully saturated rings. The molecule has 0 radical (unpaired) electrons. The fraction of sp³-hybridized carbons (Fsp3) is 0.828. The van der Waals surface area contributed by atoms with E-state index in [1.54, 1.807) is 41.1 Å². The number of aliphatic hydroxyl groups excluding tert-OH is 6. The van der Waals surface area contributed by atoms with Crippen LogP contribution in [0.4, 0.5) is 0 Å². The molecule has 0 spiro atoms. The molecular weight excluding hydrogens is 1170 g/mol. The minimum atomic E-state index is -1.93. The molecule has 1 aromatic rings. The number of hydrogen-bond acceptors (Lipinski definition) is 25. The average Bonchev–Trinajstić information content (AvgIpc) is 1.61. The molecule has 0 bridgehead atoms. The van der Waals surface area contributed by atoms with Gasteiger partial charge in [-0.05, 0) is 96.6 Å². The first-order valence-electron chi connectivity index (χ1n) is 31.7. The first-order chi connectivity index (χ1) is 42.2. The van der Waals surface area contributed by atoms with Crippen LogP contribution in [0.1, 0.15) is 118 Å². The number of carbonyl (C=O) groups is 1.